The molecule has 2 rings (SSSR count). The van der Waals surface area contributed by atoms with Gasteiger partial charge in [0.05, 0.1) is 6.61 Å². The molecule has 0 aliphatic heterocycles. The number of anilines is 1. The van der Waals surface area contributed by atoms with Gasteiger partial charge in [0.25, 0.3) is 0 Å². The molecule has 1 aromatic heterocycles. The number of nitrogens with zero attached hydrogens (tertiary/aromatic N) is 1. The lowest BCUT2D eigenvalue weighted by atomic mass is 10.1. The largest absolute Gasteiger partial charge is 0.392 e. The van der Waals surface area contributed by atoms with Crippen molar-refractivity contribution in [1.29, 1.82) is 0 Å². The van der Waals surface area contributed by atoms with Gasteiger partial charge in [0, 0.05) is 17.2 Å². The molecule has 4 heteroatoms. The topological polar surface area (TPSA) is 45.2 Å². The van der Waals surface area contributed by atoms with Crippen LogP contribution < -0.4 is 5.32 Å². The smallest absolute Gasteiger partial charge is 0.129 e. The zero-order valence-electron chi connectivity index (χ0n) is 10.2. The fourth-order valence-corrected chi connectivity index (χ4v) is 2.20. The molecule has 2 N–H and O–H groups in total. The van der Waals surface area contributed by atoms with E-state index >= 15 is 0 Å². The van der Waals surface area contributed by atoms with Gasteiger partial charge in [-0.1, -0.05) is 24.3 Å². The first-order valence-corrected chi connectivity index (χ1v) is 6.53. The van der Waals surface area contributed by atoms with Gasteiger partial charge in [-0.2, -0.15) is 0 Å². The van der Waals surface area contributed by atoms with E-state index in [-0.39, 0.29) is 6.61 Å². The van der Waals surface area contributed by atoms with Crippen LogP contribution in [0.3, 0.4) is 0 Å². The van der Waals surface area contributed by atoms with Gasteiger partial charge in [0.2, 0.25) is 0 Å². The molecule has 0 atom stereocenters. The number of aliphatic hydroxyl groups is 1. The van der Waals surface area contributed by atoms with Crippen molar-refractivity contribution in [2.45, 2.75) is 20.1 Å². The van der Waals surface area contributed by atoms with Crippen LogP contribution in [0.2, 0.25) is 0 Å². The van der Waals surface area contributed by atoms with Crippen molar-refractivity contribution in [1.82, 2.24) is 4.98 Å². The van der Waals surface area contributed by atoms with Crippen LogP contribution >= 0.6 is 15.9 Å². The number of aryl methyl sites for hydroxylation is 1. The highest BCUT2D eigenvalue weighted by atomic mass is 79.9. The summed E-state index contributed by atoms with van der Waals surface area (Å²) >= 11 is 3.39. The maximum Gasteiger partial charge on any atom is 0.129 e. The maximum atomic E-state index is 9.08. The summed E-state index contributed by atoms with van der Waals surface area (Å²) in [6.07, 6.45) is 1.78. The number of rotatable bonds is 4. The molecule has 0 unspecified atom stereocenters. The summed E-state index contributed by atoms with van der Waals surface area (Å²) < 4.78 is 0.979. The molecule has 1 heterocycles. The lowest BCUT2D eigenvalue weighted by molar-refractivity contribution is 0.281. The van der Waals surface area contributed by atoms with E-state index in [0.717, 1.165) is 27.0 Å². The molecule has 2 aromatic rings. The normalized spacial score (nSPS) is 10.4. The van der Waals surface area contributed by atoms with Gasteiger partial charge in [0.1, 0.15) is 5.82 Å². The minimum Gasteiger partial charge on any atom is -0.392 e. The SMILES string of the molecule is Cc1cc(Br)cnc1NCc1cccc(CO)c1. The van der Waals surface area contributed by atoms with Gasteiger partial charge >= 0.3 is 0 Å². The Labute approximate surface area is 115 Å². The van der Waals surface area contributed by atoms with E-state index in [4.69, 9.17) is 5.11 Å². The van der Waals surface area contributed by atoms with E-state index in [2.05, 4.69) is 26.2 Å². The van der Waals surface area contributed by atoms with Gasteiger partial charge < -0.3 is 10.4 Å². The third kappa shape index (κ3) is 3.31. The van der Waals surface area contributed by atoms with E-state index in [1.54, 1.807) is 6.20 Å². The number of hydrogen-bond acceptors (Lipinski definition) is 3. The second kappa shape index (κ2) is 5.98. The second-order valence-corrected chi connectivity index (χ2v) is 5.07. The molecule has 0 aliphatic carbocycles. The molecule has 0 saturated carbocycles. The molecular weight excluding hydrogens is 292 g/mol. The summed E-state index contributed by atoms with van der Waals surface area (Å²) in [5.74, 6) is 0.882. The Hall–Kier alpha value is -1.39. The predicted octanol–water partition coefficient (Wildman–Crippen LogP) is 3.26. The molecule has 0 fully saturated rings. The molecule has 0 bridgehead atoms. The number of hydrogen-bond donors (Lipinski definition) is 2. The van der Waals surface area contributed by atoms with Crippen molar-refractivity contribution in [2.24, 2.45) is 0 Å². The number of pyridine rings is 1. The minimum absolute atomic E-state index is 0.0728. The van der Waals surface area contributed by atoms with Gasteiger partial charge in [-0.25, -0.2) is 4.98 Å². The zero-order valence-corrected chi connectivity index (χ0v) is 11.7. The molecule has 0 amide bonds. The van der Waals surface area contributed by atoms with Crippen LogP contribution in [0.25, 0.3) is 0 Å². The average Bonchev–Trinajstić information content (AvgIpc) is 2.38. The molecule has 18 heavy (non-hydrogen) atoms. The number of aliphatic hydroxyl groups excluding tert-OH is 1. The van der Waals surface area contributed by atoms with Crippen LogP contribution in [0, 0.1) is 6.92 Å². The Morgan fingerprint density at radius 2 is 2.06 bits per heavy atom. The number of benzene rings is 1. The highest BCUT2D eigenvalue weighted by molar-refractivity contribution is 9.10. The number of halogens is 1. The highest BCUT2D eigenvalue weighted by Crippen LogP contribution is 2.17. The summed E-state index contributed by atoms with van der Waals surface area (Å²) in [6, 6.07) is 9.90. The first-order valence-electron chi connectivity index (χ1n) is 5.74. The van der Waals surface area contributed by atoms with Crippen molar-refractivity contribution >= 4 is 21.7 Å². The van der Waals surface area contributed by atoms with Crippen molar-refractivity contribution < 1.29 is 5.11 Å². The summed E-state index contributed by atoms with van der Waals surface area (Å²) in [5.41, 5.74) is 3.16. The van der Waals surface area contributed by atoms with Crippen LogP contribution in [0.1, 0.15) is 16.7 Å². The Morgan fingerprint density at radius 3 is 2.78 bits per heavy atom. The van der Waals surface area contributed by atoms with Crippen LogP contribution in [0.4, 0.5) is 5.82 Å². The van der Waals surface area contributed by atoms with Crippen LogP contribution in [-0.4, -0.2) is 10.1 Å². The number of aromatic nitrogens is 1. The zero-order chi connectivity index (χ0) is 13.0. The molecule has 94 valence electrons. The van der Waals surface area contributed by atoms with Crippen LogP contribution in [0.15, 0.2) is 41.0 Å². The molecule has 1 aromatic carbocycles. The van der Waals surface area contributed by atoms with Crippen molar-refractivity contribution in [3.8, 4) is 0 Å². The third-order valence-corrected chi connectivity index (χ3v) is 3.11. The summed E-state index contributed by atoms with van der Waals surface area (Å²) in [5, 5.41) is 12.4. The van der Waals surface area contributed by atoms with Gasteiger partial charge in [0.15, 0.2) is 0 Å². The Morgan fingerprint density at radius 1 is 1.28 bits per heavy atom. The van der Waals surface area contributed by atoms with E-state index < -0.39 is 0 Å². The molecule has 0 aliphatic rings. The Kier molecular flexibility index (Phi) is 4.33. The molecule has 0 spiro atoms. The van der Waals surface area contributed by atoms with Crippen molar-refractivity contribution in [3.05, 3.63) is 57.7 Å². The fourth-order valence-electron chi connectivity index (χ4n) is 1.75. The number of nitrogens with one attached hydrogen (secondary N) is 1. The van der Waals surface area contributed by atoms with E-state index in [0.29, 0.717) is 6.54 Å². The fraction of sp³-hybridized carbons (Fsp3) is 0.214. The quantitative estimate of drug-likeness (QED) is 0.911. The third-order valence-electron chi connectivity index (χ3n) is 2.68. The van der Waals surface area contributed by atoms with Gasteiger partial charge in [-0.15, -0.1) is 0 Å². The Bertz CT molecular complexity index is 543. The average molecular weight is 307 g/mol. The van der Waals surface area contributed by atoms with Crippen LogP contribution in [-0.2, 0) is 13.2 Å². The van der Waals surface area contributed by atoms with Gasteiger partial charge in [-0.3, -0.25) is 0 Å². The van der Waals surface area contributed by atoms with E-state index in [9.17, 15) is 0 Å². The molecule has 3 nitrogen and oxygen atoms in total. The molecule has 0 radical (unpaired) electrons. The predicted molar refractivity (Wildman–Crippen MR) is 76.4 cm³/mol. The maximum absolute atomic E-state index is 9.08. The van der Waals surface area contributed by atoms with E-state index in [1.165, 1.54) is 0 Å². The lowest BCUT2D eigenvalue weighted by Crippen LogP contribution is -2.03. The molecular formula is C14H15BrN2O. The minimum atomic E-state index is 0.0728. The van der Waals surface area contributed by atoms with Gasteiger partial charge in [-0.05, 0) is 45.6 Å². The Balaban J connectivity index is 2.06. The van der Waals surface area contributed by atoms with Crippen LogP contribution in [0.5, 0.6) is 0 Å². The first-order chi connectivity index (χ1) is 8.69. The summed E-state index contributed by atoms with van der Waals surface area (Å²) in [7, 11) is 0. The summed E-state index contributed by atoms with van der Waals surface area (Å²) in [6.45, 7) is 2.79. The standard InChI is InChI=1S/C14H15BrN2O/c1-10-5-13(15)8-17-14(10)16-7-11-3-2-4-12(6-11)9-18/h2-6,8,18H,7,9H2,1H3,(H,16,17). The van der Waals surface area contributed by atoms with Crippen molar-refractivity contribution in [3.63, 3.8) is 0 Å². The first kappa shape index (κ1) is 13.1. The summed E-state index contributed by atoms with van der Waals surface area (Å²) in [4.78, 5) is 4.33. The van der Waals surface area contributed by atoms with Crippen molar-refractivity contribution in [2.75, 3.05) is 5.32 Å². The monoisotopic (exact) mass is 306 g/mol. The van der Waals surface area contributed by atoms with E-state index in [1.807, 2.05) is 37.3 Å². The lowest BCUT2D eigenvalue weighted by Gasteiger charge is -2.09. The molecule has 0 saturated heterocycles. The highest BCUT2D eigenvalue weighted by Gasteiger charge is 2.01. The second-order valence-electron chi connectivity index (χ2n) is 4.15.